The molecule has 0 aromatic heterocycles. The molecule has 2 unspecified atom stereocenters. The van der Waals surface area contributed by atoms with Gasteiger partial charge in [0.05, 0.1) is 0 Å². The van der Waals surface area contributed by atoms with Crippen LogP contribution in [0.5, 0.6) is 0 Å². The van der Waals surface area contributed by atoms with Crippen LogP contribution in [0.1, 0.15) is 85.3 Å². The van der Waals surface area contributed by atoms with Crippen LogP contribution in [-0.4, -0.2) is 52.9 Å². The third-order valence-electron chi connectivity index (χ3n) is 5.20. The van der Waals surface area contributed by atoms with Crippen LogP contribution in [0.2, 0.25) is 0 Å². The quantitative estimate of drug-likeness (QED) is 0.365. The fraction of sp³-hybridized carbons (Fsp3) is 0.615. The number of carbonyl (C=O) groups is 4. The number of nitrogens with zero attached hydrogens (tertiary/aromatic N) is 1. The molecule has 35 heavy (non-hydrogen) atoms. The fourth-order valence-corrected chi connectivity index (χ4v) is 3.61. The monoisotopic (exact) mass is 490 g/mol. The maximum atomic E-state index is 13.8. The smallest absolute Gasteiger partial charge is 0.408 e. The van der Waals surface area contributed by atoms with Gasteiger partial charge in [0.1, 0.15) is 17.7 Å². The number of hydrogen-bond donors (Lipinski definition) is 3. The second kappa shape index (κ2) is 14.3. The maximum Gasteiger partial charge on any atom is 0.408 e. The molecule has 4 amide bonds. The number of primary amides is 1. The zero-order valence-corrected chi connectivity index (χ0v) is 21.9. The molecule has 0 aliphatic rings. The lowest BCUT2D eigenvalue weighted by Gasteiger charge is -2.37. The summed E-state index contributed by atoms with van der Waals surface area (Å²) in [7, 11) is 0. The van der Waals surface area contributed by atoms with Crippen LogP contribution in [-0.2, 0) is 19.1 Å². The van der Waals surface area contributed by atoms with E-state index in [1.165, 1.54) is 4.90 Å². The molecule has 0 aliphatic carbocycles. The Hall–Kier alpha value is -3.10. The molecular weight excluding hydrogens is 448 g/mol. The molecule has 0 spiro atoms. The molecule has 0 saturated heterocycles. The van der Waals surface area contributed by atoms with E-state index in [1.807, 2.05) is 6.07 Å². The van der Waals surface area contributed by atoms with Crippen LogP contribution in [0, 0.1) is 0 Å². The molecule has 0 radical (unpaired) electrons. The van der Waals surface area contributed by atoms with Gasteiger partial charge in [-0.05, 0) is 53.0 Å². The van der Waals surface area contributed by atoms with Gasteiger partial charge in [0, 0.05) is 19.0 Å². The molecule has 9 nitrogen and oxygen atoms in total. The molecule has 4 N–H and O–H groups in total. The van der Waals surface area contributed by atoms with Crippen LogP contribution in [0.3, 0.4) is 0 Å². The van der Waals surface area contributed by atoms with Gasteiger partial charge < -0.3 is 26.0 Å². The topological polar surface area (TPSA) is 131 Å². The van der Waals surface area contributed by atoms with E-state index >= 15 is 0 Å². The van der Waals surface area contributed by atoms with Crippen molar-refractivity contribution in [3.05, 3.63) is 35.9 Å². The molecule has 2 atom stereocenters. The highest BCUT2D eigenvalue weighted by Crippen LogP contribution is 2.25. The number of rotatable bonds is 13. The van der Waals surface area contributed by atoms with Gasteiger partial charge in [-0.2, -0.15) is 0 Å². The summed E-state index contributed by atoms with van der Waals surface area (Å²) in [5.74, 6) is -1.40. The Balaban J connectivity index is 3.32. The molecule has 0 fully saturated rings. The zero-order valence-electron chi connectivity index (χ0n) is 21.9. The number of benzene rings is 1. The second-order valence-electron chi connectivity index (χ2n) is 9.85. The summed E-state index contributed by atoms with van der Waals surface area (Å²) in [6.45, 7) is 11.3. The number of unbranched alkanes of at least 4 members (excludes halogenated alkanes) is 2. The summed E-state index contributed by atoms with van der Waals surface area (Å²) in [6.07, 6.45) is 1.92. The van der Waals surface area contributed by atoms with Gasteiger partial charge in [-0.15, -0.1) is 0 Å². The summed E-state index contributed by atoms with van der Waals surface area (Å²) in [5.41, 5.74) is 5.19. The number of nitrogens with two attached hydrogens (primary N) is 1. The molecule has 9 heteroatoms. The van der Waals surface area contributed by atoms with Crippen LogP contribution >= 0.6 is 0 Å². The van der Waals surface area contributed by atoms with E-state index in [-0.39, 0.29) is 24.8 Å². The van der Waals surface area contributed by atoms with Crippen LogP contribution in [0.4, 0.5) is 4.79 Å². The van der Waals surface area contributed by atoms with Gasteiger partial charge in [0.15, 0.2) is 0 Å². The van der Waals surface area contributed by atoms with Gasteiger partial charge in [-0.1, -0.05) is 50.1 Å². The van der Waals surface area contributed by atoms with Crippen molar-refractivity contribution in [3.8, 4) is 0 Å². The minimum absolute atomic E-state index is 0.0176. The van der Waals surface area contributed by atoms with Gasteiger partial charge in [0.25, 0.3) is 0 Å². The lowest BCUT2D eigenvalue weighted by Crippen LogP contribution is -2.55. The standard InChI is InChI=1S/C26H42N4O5/c1-7-8-12-17-28-23(32)22(19-13-10-9-11-14-19)30(18(2)3)24(33)20(15-16-21(27)31)29-25(34)35-26(4,5)6/h9-11,13-14,18,20,22H,7-8,12,15-17H2,1-6H3,(H2,27,31)(H,28,32)(H,29,34). The number of carbonyl (C=O) groups excluding carboxylic acids is 4. The third-order valence-corrected chi connectivity index (χ3v) is 5.20. The summed E-state index contributed by atoms with van der Waals surface area (Å²) >= 11 is 0. The van der Waals surface area contributed by atoms with Crippen LogP contribution in [0.25, 0.3) is 0 Å². The summed E-state index contributed by atoms with van der Waals surface area (Å²) in [4.78, 5) is 52.6. The van der Waals surface area contributed by atoms with E-state index in [0.29, 0.717) is 12.1 Å². The first-order valence-corrected chi connectivity index (χ1v) is 12.3. The molecule has 1 aromatic carbocycles. The third kappa shape index (κ3) is 10.8. The van der Waals surface area contributed by atoms with Crippen molar-refractivity contribution in [1.82, 2.24) is 15.5 Å². The Bertz CT molecular complexity index is 836. The number of nitrogens with one attached hydrogen (secondary N) is 2. The van der Waals surface area contributed by atoms with Crippen molar-refractivity contribution in [2.24, 2.45) is 5.73 Å². The Kier molecular flexibility index (Phi) is 12.3. The largest absolute Gasteiger partial charge is 0.444 e. The maximum absolute atomic E-state index is 13.8. The number of hydrogen-bond acceptors (Lipinski definition) is 5. The predicted molar refractivity (Wildman–Crippen MR) is 135 cm³/mol. The van der Waals surface area contributed by atoms with Crippen molar-refractivity contribution >= 4 is 23.8 Å². The second-order valence-corrected chi connectivity index (χ2v) is 9.85. The predicted octanol–water partition coefficient (Wildman–Crippen LogP) is 3.43. The minimum Gasteiger partial charge on any atom is -0.444 e. The first-order chi connectivity index (χ1) is 16.4. The van der Waals surface area contributed by atoms with Gasteiger partial charge in [0.2, 0.25) is 17.7 Å². The van der Waals surface area contributed by atoms with E-state index in [9.17, 15) is 19.2 Å². The molecule has 1 rings (SSSR count). The lowest BCUT2D eigenvalue weighted by molar-refractivity contribution is -0.144. The Morgan fingerprint density at radius 2 is 1.69 bits per heavy atom. The SMILES string of the molecule is CCCCCNC(=O)C(c1ccccc1)N(C(=O)C(CCC(N)=O)NC(=O)OC(C)(C)C)C(C)C. The van der Waals surface area contributed by atoms with Crippen molar-refractivity contribution in [3.63, 3.8) is 0 Å². The lowest BCUT2D eigenvalue weighted by atomic mass is 10.00. The highest BCUT2D eigenvalue weighted by Gasteiger charge is 2.37. The average Bonchev–Trinajstić information content (AvgIpc) is 2.76. The van der Waals surface area contributed by atoms with Crippen LogP contribution in [0.15, 0.2) is 30.3 Å². The van der Waals surface area contributed by atoms with Crippen molar-refractivity contribution in [2.45, 2.75) is 97.4 Å². The van der Waals surface area contributed by atoms with Gasteiger partial charge in [-0.25, -0.2) is 4.79 Å². The number of alkyl carbamates (subject to hydrolysis) is 1. The summed E-state index contributed by atoms with van der Waals surface area (Å²) in [6, 6.07) is 6.63. The zero-order chi connectivity index (χ0) is 26.6. The van der Waals surface area contributed by atoms with E-state index in [1.54, 1.807) is 58.9 Å². The summed E-state index contributed by atoms with van der Waals surface area (Å²) in [5, 5.41) is 5.53. The molecule has 196 valence electrons. The van der Waals surface area contributed by atoms with Gasteiger partial charge in [-0.3, -0.25) is 14.4 Å². The van der Waals surface area contributed by atoms with E-state index in [4.69, 9.17) is 10.5 Å². The molecule has 0 aliphatic heterocycles. The normalized spacial score (nSPS) is 13.0. The average molecular weight is 491 g/mol. The molecule has 0 heterocycles. The van der Waals surface area contributed by atoms with Crippen LogP contribution < -0.4 is 16.4 Å². The molecular formula is C26H42N4O5. The summed E-state index contributed by atoms with van der Waals surface area (Å²) < 4.78 is 5.32. The van der Waals surface area contributed by atoms with Gasteiger partial charge >= 0.3 is 6.09 Å². The highest BCUT2D eigenvalue weighted by atomic mass is 16.6. The number of amides is 4. The Morgan fingerprint density at radius 3 is 2.20 bits per heavy atom. The molecule has 1 aromatic rings. The van der Waals surface area contributed by atoms with Crippen molar-refractivity contribution in [1.29, 1.82) is 0 Å². The van der Waals surface area contributed by atoms with Crippen molar-refractivity contribution in [2.75, 3.05) is 6.54 Å². The molecule has 0 bridgehead atoms. The van der Waals surface area contributed by atoms with E-state index in [2.05, 4.69) is 17.6 Å². The highest BCUT2D eigenvalue weighted by molar-refractivity contribution is 5.92. The molecule has 0 saturated carbocycles. The van der Waals surface area contributed by atoms with Crippen molar-refractivity contribution < 1.29 is 23.9 Å². The minimum atomic E-state index is -1.10. The first kappa shape index (κ1) is 29.9. The fourth-order valence-electron chi connectivity index (χ4n) is 3.61. The van der Waals surface area contributed by atoms with E-state index in [0.717, 1.165) is 19.3 Å². The van der Waals surface area contributed by atoms with E-state index < -0.39 is 35.6 Å². The Morgan fingerprint density at radius 1 is 1.06 bits per heavy atom. The Labute approximate surface area is 209 Å². The number of ether oxygens (including phenoxy) is 1. The first-order valence-electron chi connectivity index (χ1n) is 12.3.